The van der Waals surface area contributed by atoms with Gasteiger partial charge in [-0.1, -0.05) is 6.92 Å². The van der Waals surface area contributed by atoms with Crippen LogP contribution in [0.5, 0.6) is 11.5 Å². The predicted octanol–water partition coefficient (Wildman–Crippen LogP) is 2.01. The van der Waals surface area contributed by atoms with E-state index in [-0.39, 0.29) is 12.5 Å². The lowest BCUT2D eigenvalue weighted by atomic mass is 10.2. The highest BCUT2D eigenvalue weighted by Crippen LogP contribution is 2.27. The summed E-state index contributed by atoms with van der Waals surface area (Å²) in [5, 5.41) is 7.57. The molecule has 1 aromatic carbocycles. The quantitative estimate of drug-likeness (QED) is 0.753. The second-order valence-corrected chi connectivity index (χ2v) is 4.09. The van der Waals surface area contributed by atoms with Crippen LogP contribution in [0.2, 0.25) is 0 Å². The summed E-state index contributed by atoms with van der Waals surface area (Å²) in [6, 6.07) is 4.78. The zero-order valence-corrected chi connectivity index (χ0v) is 12.1. The number of rotatable bonds is 6. The fourth-order valence-electron chi connectivity index (χ4n) is 1.66. The molecule has 0 fully saturated rings. The number of esters is 1. The number of aromatic nitrogens is 2. The van der Waals surface area contributed by atoms with E-state index in [4.69, 9.17) is 18.6 Å². The minimum atomic E-state index is -0.507. The average Bonchev–Trinajstić information content (AvgIpc) is 2.99. The molecule has 0 N–H and O–H groups in total. The third-order valence-corrected chi connectivity index (χ3v) is 2.76. The molecule has 7 heteroatoms. The molecule has 0 bridgehead atoms. The van der Waals surface area contributed by atoms with Crippen LogP contribution in [0.1, 0.15) is 29.1 Å². The Morgan fingerprint density at radius 3 is 2.48 bits per heavy atom. The largest absolute Gasteiger partial charge is 0.493 e. The molecule has 0 amide bonds. The first kappa shape index (κ1) is 14.8. The molecule has 0 atom stereocenters. The van der Waals surface area contributed by atoms with Gasteiger partial charge in [-0.15, -0.1) is 10.2 Å². The Morgan fingerprint density at radius 1 is 1.14 bits per heavy atom. The number of carbonyl (C=O) groups excluding carboxylic acids is 1. The lowest BCUT2D eigenvalue weighted by Crippen LogP contribution is -2.06. The van der Waals surface area contributed by atoms with Crippen LogP contribution in [0, 0.1) is 0 Å². The van der Waals surface area contributed by atoms with E-state index in [0.29, 0.717) is 29.4 Å². The van der Waals surface area contributed by atoms with Crippen molar-refractivity contribution in [1.82, 2.24) is 10.2 Å². The number of hydrogen-bond donors (Lipinski definition) is 0. The van der Waals surface area contributed by atoms with Gasteiger partial charge < -0.3 is 18.6 Å². The topological polar surface area (TPSA) is 83.7 Å². The first-order valence-corrected chi connectivity index (χ1v) is 6.38. The fourth-order valence-corrected chi connectivity index (χ4v) is 1.66. The summed E-state index contributed by atoms with van der Waals surface area (Å²) < 4.78 is 20.6. The van der Waals surface area contributed by atoms with Crippen molar-refractivity contribution in [2.45, 2.75) is 20.0 Å². The summed E-state index contributed by atoms with van der Waals surface area (Å²) in [6.45, 7) is 1.83. The SMILES string of the molecule is CCc1nnc(COC(=O)c2ccc(OC)c(OC)c2)o1. The molecule has 112 valence electrons. The van der Waals surface area contributed by atoms with Crippen LogP contribution < -0.4 is 9.47 Å². The van der Waals surface area contributed by atoms with Gasteiger partial charge in [-0.2, -0.15) is 0 Å². The number of ether oxygens (including phenoxy) is 3. The summed E-state index contributed by atoms with van der Waals surface area (Å²) in [7, 11) is 3.02. The van der Waals surface area contributed by atoms with Gasteiger partial charge in [0.1, 0.15) is 0 Å². The van der Waals surface area contributed by atoms with Crippen LogP contribution in [0.3, 0.4) is 0 Å². The Labute approximate surface area is 121 Å². The van der Waals surface area contributed by atoms with Gasteiger partial charge in [0.05, 0.1) is 19.8 Å². The smallest absolute Gasteiger partial charge is 0.338 e. The van der Waals surface area contributed by atoms with E-state index in [1.807, 2.05) is 6.92 Å². The molecule has 2 rings (SSSR count). The summed E-state index contributed by atoms with van der Waals surface area (Å²) in [6.07, 6.45) is 0.636. The van der Waals surface area contributed by atoms with E-state index in [1.165, 1.54) is 14.2 Å². The maximum absolute atomic E-state index is 12.0. The first-order chi connectivity index (χ1) is 10.2. The minimum absolute atomic E-state index is 0.0693. The van der Waals surface area contributed by atoms with E-state index in [0.717, 1.165) is 0 Å². The van der Waals surface area contributed by atoms with Crippen LogP contribution in [0.4, 0.5) is 0 Å². The molecular weight excluding hydrogens is 276 g/mol. The van der Waals surface area contributed by atoms with E-state index in [1.54, 1.807) is 18.2 Å². The van der Waals surface area contributed by atoms with E-state index in [2.05, 4.69) is 10.2 Å². The first-order valence-electron chi connectivity index (χ1n) is 6.38. The summed E-state index contributed by atoms with van der Waals surface area (Å²) in [4.78, 5) is 12.0. The van der Waals surface area contributed by atoms with Crippen molar-refractivity contribution in [3.63, 3.8) is 0 Å². The van der Waals surface area contributed by atoms with Crippen molar-refractivity contribution in [1.29, 1.82) is 0 Å². The Balaban J connectivity index is 2.02. The maximum Gasteiger partial charge on any atom is 0.338 e. The lowest BCUT2D eigenvalue weighted by Gasteiger charge is -2.08. The highest BCUT2D eigenvalue weighted by molar-refractivity contribution is 5.90. The van der Waals surface area contributed by atoms with Crippen molar-refractivity contribution >= 4 is 5.97 Å². The molecule has 1 aromatic heterocycles. The summed E-state index contributed by atoms with van der Waals surface area (Å²) >= 11 is 0. The van der Waals surface area contributed by atoms with Crippen molar-refractivity contribution in [2.75, 3.05) is 14.2 Å². The summed E-state index contributed by atoms with van der Waals surface area (Å²) in [5.41, 5.74) is 0.350. The lowest BCUT2D eigenvalue weighted by molar-refractivity contribution is 0.0436. The molecule has 0 unspecified atom stereocenters. The predicted molar refractivity (Wildman–Crippen MR) is 72.3 cm³/mol. The Bertz CT molecular complexity index is 624. The second kappa shape index (κ2) is 6.74. The molecule has 0 aliphatic heterocycles. The number of carbonyl (C=O) groups is 1. The Kier molecular flexibility index (Phi) is 4.76. The highest BCUT2D eigenvalue weighted by Gasteiger charge is 2.13. The molecule has 0 aliphatic carbocycles. The van der Waals surface area contributed by atoms with Gasteiger partial charge in [0.2, 0.25) is 5.89 Å². The van der Waals surface area contributed by atoms with Gasteiger partial charge in [0.15, 0.2) is 18.1 Å². The van der Waals surface area contributed by atoms with E-state index in [9.17, 15) is 4.79 Å². The molecule has 1 heterocycles. The van der Waals surface area contributed by atoms with Crippen molar-refractivity contribution < 1.29 is 23.4 Å². The average molecular weight is 292 g/mol. The molecule has 0 spiro atoms. The van der Waals surface area contributed by atoms with Crippen LogP contribution >= 0.6 is 0 Å². The van der Waals surface area contributed by atoms with Crippen LogP contribution in [-0.2, 0) is 17.8 Å². The third-order valence-electron chi connectivity index (χ3n) is 2.76. The van der Waals surface area contributed by atoms with Gasteiger partial charge >= 0.3 is 5.97 Å². The Hall–Kier alpha value is -2.57. The van der Waals surface area contributed by atoms with Gasteiger partial charge in [-0.05, 0) is 18.2 Å². The van der Waals surface area contributed by atoms with Gasteiger partial charge in [0.25, 0.3) is 5.89 Å². The monoisotopic (exact) mass is 292 g/mol. The number of methoxy groups -OCH3 is 2. The molecule has 2 aromatic rings. The fraction of sp³-hybridized carbons (Fsp3) is 0.357. The molecule has 7 nitrogen and oxygen atoms in total. The van der Waals surface area contributed by atoms with Gasteiger partial charge in [-0.3, -0.25) is 0 Å². The van der Waals surface area contributed by atoms with Crippen molar-refractivity contribution in [3.8, 4) is 11.5 Å². The molecular formula is C14H16N2O5. The summed E-state index contributed by atoms with van der Waals surface area (Å²) in [5.74, 6) is 1.26. The highest BCUT2D eigenvalue weighted by atomic mass is 16.5. The zero-order valence-electron chi connectivity index (χ0n) is 12.1. The van der Waals surface area contributed by atoms with Crippen molar-refractivity contribution in [3.05, 3.63) is 35.5 Å². The van der Waals surface area contributed by atoms with E-state index >= 15 is 0 Å². The molecule has 0 saturated carbocycles. The van der Waals surface area contributed by atoms with Crippen LogP contribution in [0.25, 0.3) is 0 Å². The molecule has 21 heavy (non-hydrogen) atoms. The Morgan fingerprint density at radius 2 is 1.86 bits per heavy atom. The maximum atomic E-state index is 12.0. The number of hydrogen-bond acceptors (Lipinski definition) is 7. The zero-order chi connectivity index (χ0) is 15.2. The third kappa shape index (κ3) is 3.50. The molecule has 0 aliphatic rings. The van der Waals surface area contributed by atoms with Crippen LogP contribution in [0.15, 0.2) is 22.6 Å². The normalized spacial score (nSPS) is 10.2. The second-order valence-electron chi connectivity index (χ2n) is 4.09. The number of aryl methyl sites for hydroxylation is 1. The number of nitrogens with zero attached hydrogens (tertiary/aromatic N) is 2. The number of benzene rings is 1. The molecule has 0 radical (unpaired) electrons. The standard InChI is InChI=1S/C14H16N2O5/c1-4-12-15-16-13(21-12)8-20-14(17)9-5-6-10(18-2)11(7-9)19-3/h5-7H,4,8H2,1-3H3. The molecule has 0 saturated heterocycles. The van der Waals surface area contributed by atoms with Gasteiger partial charge in [-0.25, -0.2) is 4.79 Å². The van der Waals surface area contributed by atoms with E-state index < -0.39 is 5.97 Å². The van der Waals surface area contributed by atoms with Gasteiger partial charge in [0, 0.05) is 6.42 Å². The van der Waals surface area contributed by atoms with Crippen molar-refractivity contribution in [2.24, 2.45) is 0 Å². The van der Waals surface area contributed by atoms with Crippen LogP contribution in [-0.4, -0.2) is 30.4 Å². The minimum Gasteiger partial charge on any atom is -0.493 e.